The second-order valence-corrected chi connectivity index (χ2v) is 7.36. The van der Waals surface area contributed by atoms with E-state index < -0.39 is 5.60 Å². The molecule has 0 amide bonds. The molecule has 0 unspecified atom stereocenters. The van der Waals surface area contributed by atoms with E-state index in [9.17, 15) is 10.2 Å². The predicted octanol–water partition coefficient (Wildman–Crippen LogP) is 2.72. The van der Waals surface area contributed by atoms with E-state index in [0.717, 1.165) is 32.1 Å². The van der Waals surface area contributed by atoms with E-state index in [1.807, 2.05) is 6.92 Å². The number of fused-ring (bicyclic) bond motifs is 1. The second kappa shape index (κ2) is 3.46. The summed E-state index contributed by atoms with van der Waals surface area (Å²) in [6, 6.07) is 0. The van der Waals surface area contributed by atoms with Crippen LogP contribution in [0.25, 0.3) is 0 Å². The fraction of sp³-hybridized carbons (Fsp3) is 1.00. The third-order valence-electron chi connectivity index (χ3n) is 5.21. The number of hydrogen-bond donors (Lipinski definition) is 2. The van der Waals surface area contributed by atoms with Crippen molar-refractivity contribution in [3.8, 4) is 0 Å². The Kier molecular flexibility index (Phi) is 2.67. The minimum absolute atomic E-state index is 0.0722. The average molecular weight is 226 g/mol. The summed E-state index contributed by atoms with van der Waals surface area (Å²) in [5.74, 6) is 0.243. The first kappa shape index (κ1) is 12.4. The molecule has 2 aliphatic rings. The van der Waals surface area contributed by atoms with Crippen LogP contribution in [0.4, 0.5) is 0 Å². The summed E-state index contributed by atoms with van der Waals surface area (Å²) < 4.78 is 0. The molecule has 94 valence electrons. The van der Waals surface area contributed by atoms with Crippen molar-refractivity contribution in [1.29, 1.82) is 0 Å². The van der Waals surface area contributed by atoms with Gasteiger partial charge in [0.2, 0.25) is 0 Å². The lowest BCUT2D eigenvalue weighted by Gasteiger charge is -2.58. The summed E-state index contributed by atoms with van der Waals surface area (Å²) in [6.07, 6.45) is 4.63. The van der Waals surface area contributed by atoms with E-state index in [0.29, 0.717) is 0 Å². The Hall–Kier alpha value is -0.0800. The van der Waals surface area contributed by atoms with Crippen LogP contribution in [-0.4, -0.2) is 21.9 Å². The predicted molar refractivity (Wildman–Crippen MR) is 65.1 cm³/mol. The van der Waals surface area contributed by atoms with Gasteiger partial charge in [-0.3, -0.25) is 0 Å². The highest BCUT2D eigenvalue weighted by Gasteiger charge is 2.56. The van der Waals surface area contributed by atoms with Gasteiger partial charge < -0.3 is 10.2 Å². The van der Waals surface area contributed by atoms with E-state index >= 15 is 0 Å². The lowest BCUT2D eigenvalue weighted by atomic mass is 9.50. The van der Waals surface area contributed by atoms with E-state index in [-0.39, 0.29) is 22.9 Å². The monoisotopic (exact) mass is 226 g/mol. The van der Waals surface area contributed by atoms with Crippen LogP contribution >= 0.6 is 0 Å². The summed E-state index contributed by atoms with van der Waals surface area (Å²) in [5, 5.41) is 21.0. The zero-order valence-electron chi connectivity index (χ0n) is 11.1. The van der Waals surface area contributed by atoms with Crippen LogP contribution in [0.5, 0.6) is 0 Å². The van der Waals surface area contributed by atoms with Gasteiger partial charge in [-0.15, -0.1) is 0 Å². The second-order valence-electron chi connectivity index (χ2n) is 7.36. The summed E-state index contributed by atoms with van der Waals surface area (Å²) >= 11 is 0. The molecule has 2 rings (SSSR count). The molecule has 0 saturated heterocycles. The third-order valence-corrected chi connectivity index (χ3v) is 5.21. The Labute approximate surface area is 99.1 Å². The van der Waals surface area contributed by atoms with E-state index in [1.54, 1.807) is 0 Å². The van der Waals surface area contributed by atoms with Crippen molar-refractivity contribution >= 4 is 0 Å². The van der Waals surface area contributed by atoms with Crippen LogP contribution in [0.3, 0.4) is 0 Å². The topological polar surface area (TPSA) is 40.5 Å². The molecule has 4 atom stereocenters. The molecule has 2 saturated carbocycles. The third kappa shape index (κ3) is 1.80. The van der Waals surface area contributed by atoms with Crippen molar-refractivity contribution in [2.24, 2.45) is 16.7 Å². The molecule has 0 heterocycles. The maximum Gasteiger partial charge on any atom is 0.0654 e. The van der Waals surface area contributed by atoms with Crippen LogP contribution in [0, 0.1) is 16.7 Å². The fourth-order valence-electron chi connectivity index (χ4n) is 4.13. The number of aliphatic hydroxyl groups is 2. The van der Waals surface area contributed by atoms with Crippen LogP contribution < -0.4 is 0 Å². The molecule has 2 nitrogen and oxygen atoms in total. The standard InChI is InChI=1S/C14H26O2/c1-12(2)8-10-13(3,11(15)9-12)6-5-7-14(10,4)16/h10-11,15-16H,5-9H2,1-4H3/t10-,11+,13+,14+/m0/s1. The van der Waals surface area contributed by atoms with Gasteiger partial charge in [-0.1, -0.05) is 20.8 Å². The molecule has 2 N–H and O–H groups in total. The largest absolute Gasteiger partial charge is 0.393 e. The van der Waals surface area contributed by atoms with Gasteiger partial charge in [0.25, 0.3) is 0 Å². The highest BCUT2D eigenvalue weighted by atomic mass is 16.3. The molecule has 0 aromatic carbocycles. The molecule has 16 heavy (non-hydrogen) atoms. The van der Waals surface area contributed by atoms with Crippen molar-refractivity contribution in [2.75, 3.05) is 0 Å². The Morgan fingerprint density at radius 3 is 2.25 bits per heavy atom. The molecule has 0 aromatic heterocycles. The molecule has 2 fully saturated rings. The number of aliphatic hydroxyl groups excluding tert-OH is 1. The molecule has 2 heteroatoms. The van der Waals surface area contributed by atoms with Crippen molar-refractivity contribution < 1.29 is 10.2 Å². The first-order valence-corrected chi connectivity index (χ1v) is 6.58. The van der Waals surface area contributed by atoms with E-state index in [4.69, 9.17) is 0 Å². The first-order valence-electron chi connectivity index (χ1n) is 6.58. The molecule has 2 aliphatic carbocycles. The Bertz CT molecular complexity index is 282. The first-order chi connectivity index (χ1) is 7.17. The maximum absolute atomic E-state index is 10.6. The van der Waals surface area contributed by atoms with Crippen LogP contribution in [0.2, 0.25) is 0 Å². The molecule has 0 bridgehead atoms. The quantitative estimate of drug-likeness (QED) is 0.667. The maximum atomic E-state index is 10.6. The van der Waals surface area contributed by atoms with E-state index in [2.05, 4.69) is 20.8 Å². The van der Waals surface area contributed by atoms with Gasteiger partial charge in [0, 0.05) is 0 Å². The summed E-state index contributed by atoms with van der Waals surface area (Å²) in [6.45, 7) is 8.55. The Morgan fingerprint density at radius 1 is 1.00 bits per heavy atom. The highest BCUT2D eigenvalue weighted by molar-refractivity contribution is 5.06. The molecular weight excluding hydrogens is 200 g/mol. The molecular formula is C14H26O2. The van der Waals surface area contributed by atoms with Crippen LogP contribution in [0.15, 0.2) is 0 Å². The fourth-order valence-corrected chi connectivity index (χ4v) is 4.13. The lowest BCUT2D eigenvalue weighted by molar-refractivity contribution is -0.182. The smallest absolute Gasteiger partial charge is 0.0654 e. The van der Waals surface area contributed by atoms with Gasteiger partial charge in [-0.2, -0.15) is 0 Å². The van der Waals surface area contributed by atoms with Crippen LogP contribution in [0.1, 0.15) is 59.8 Å². The Morgan fingerprint density at radius 2 is 1.62 bits per heavy atom. The van der Waals surface area contributed by atoms with Gasteiger partial charge in [0.05, 0.1) is 11.7 Å². The van der Waals surface area contributed by atoms with E-state index in [1.165, 1.54) is 0 Å². The normalized spacial score (nSPS) is 52.1. The molecule has 0 aliphatic heterocycles. The van der Waals surface area contributed by atoms with Gasteiger partial charge in [-0.05, 0) is 55.8 Å². The van der Waals surface area contributed by atoms with Crippen molar-refractivity contribution in [2.45, 2.75) is 71.5 Å². The molecule has 0 radical (unpaired) electrons. The SMILES string of the molecule is CC1(C)C[C@@H](O)[C@]2(C)CCC[C@@](C)(O)[C@H]2C1. The summed E-state index contributed by atoms with van der Waals surface area (Å²) in [5.41, 5.74) is -0.506. The molecule has 0 spiro atoms. The summed E-state index contributed by atoms with van der Waals surface area (Å²) in [4.78, 5) is 0. The number of rotatable bonds is 0. The summed E-state index contributed by atoms with van der Waals surface area (Å²) in [7, 11) is 0. The lowest BCUT2D eigenvalue weighted by Crippen LogP contribution is -2.58. The average Bonchev–Trinajstić information content (AvgIpc) is 2.09. The highest BCUT2D eigenvalue weighted by Crippen LogP contribution is 2.58. The number of hydrogen-bond acceptors (Lipinski definition) is 2. The van der Waals surface area contributed by atoms with Crippen molar-refractivity contribution in [3.63, 3.8) is 0 Å². The van der Waals surface area contributed by atoms with Crippen molar-refractivity contribution in [3.05, 3.63) is 0 Å². The van der Waals surface area contributed by atoms with Gasteiger partial charge in [-0.25, -0.2) is 0 Å². The van der Waals surface area contributed by atoms with Crippen molar-refractivity contribution in [1.82, 2.24) is 0 Å². The van der Waals surface area contributed by atoms with Gasteiger partial charge >= 0.3 is 0 Å². The zero-order chi connectivity index (χ0) is 12.2. The van der Waals surface area contributed by atoms with Crippen LogP contribution in [-0.2, 0) is 0 Å². The molecule has 0 aromatic rings. The minimum Gasteiger partial charge on any atom is -0.393 e. The zero-order valence-corrected chi connectivity index (χ0v) is 11.1. The Balaban J connectivity index is 2.34. The minimum atomic E-state index is -0.592. The van der Waals surface area contributed by atoms with Gasteiger partial charge in [0.1, 0.15) is 0 Å². The van der Waals surface area contributed by atoms with Gasteiger partial charge in [0.15, 0.2) is 0 Å².